The Balaban J connectivity index is 0.000000157. The van der Waals surface area contributed by atoms with Gasteiger partial charge in [-0.2, -0.15) is 0 Å². The lowest BCUT2D eigenvalue weighted by Crippen LogP contribution is -2.58. The first-order valence-electron chi connectivity index (χ1n) is 21.4. The second-order valence-corrected chi connectivity index (χ2v) is 21.1. The number of esters is 4. The van der Waals surface area contributed by atoms with E-state index >= 15 is 0 Å². The fourth-order valence-corrected chi connectivity index (χ4v) is 10.7. The highest BCUT2D eigenvalue weighted by Gasteiger charge is 2.64. The van der Waals surface area contributed by atoms with Crippen LogP contribution >= 0.6 is 0 Å². The SMILES string of the molecule is CCC(C)(C)C(=O)OC(C)(C)C12CC3CC(CC(C3)C1)C2.CCC(C)(C)C(=O)OC1(C)CCCC1.CCC(C)(C)C(=O)OC1C2CC3C(=O)OC1C3C2. The molecule has 0 aromatic rings. The smallest absolute Gasteiger partial charge is 0.312 e. The number of hydrogen-bond donors (Lipinski definition) is 0. The van der Waals surface area contributed by atoms with E-state index in [0.29, 0.717) is 11.8 Å². The van der Waals surface area contributed by atoms with Crippen LogP contribution in [0.1, 0.15) is 179 Å². The molecule has 8 heteroatoms. The summed E-state index contributed by atoms with van der Waals surface area (Å²) in [6.45, 7) is 24.2. The number of carbonyl (C=O) groups excluding carboxylic acids is 4. The van der Waals surface area contributed by atoms with E-state index in [9.17, 15) is 19.2 Å². The maximum Gasteiger partial charge on any atom is 0.312 e. The Morgan fingerprint density at radius 3 is 1.66 bits per heavy atom. The third kappa shape index (κ3) is 8.52. The highest BCUT2D eigenvalue weighted by atomic mass is 16.6. The monoisotopic (exact) mass is 743 g/mol. The van der Waals surface area contributed by atoms with Crippen LogP contribution in [0.2, 0.25) is 0 Å². The first-order chi connectivity index (χ1) is 24.5. The van der Waals surface area contributed by atoms with E-state index in [-0.39, 0.29) is 69.5 Å². The minimum Gasteiger partial charge on any atom is -0.459 e. The summed E-state index contributed by atoms with van der Waals surface area (Å²) in [6.07, 6.45) is 16.5. The second-order valence-electron chi connectivity index (χ2n) is 21.1. The molecular weight excluding hydrogens is 668 g/mol. The van der Waals surface area contributed by atoms with Crippen molar-refractivity contribution in [1.82, 2.24) is 0 Å². The van der Waals surface area contributed by atoms with Crippen molar-refractivity contribution in [3.63, 3.8) is 0 Å². The van der Waals surface area contributed by atoms with E-state index in [4.69, 9.17) is 18.9 Å². The second kappa shape index (κ2) is 15.1. The van der Waals surface area contributed by atoms with Crippen LogP contribution in [0.25, 0.3) is 0 Å². The van der Waals surface area contributed by atoms with Crippen LogP contribution in [0.5, 0.6) is 0 Å². The molecule has 8 fully saturated rings. The lowest BCUT2D eigenvalue weighted by atomic mass is 9.46. The Morgan fingerprint density at radius 2 is 1.17 bits per heavy atom. The molecule has 8 rings (SSSR count). The highest BCUT2D eigenvalue weighted by Crippen LogP contribution is 2.64. The van der Waals surface area contributed by atoms with E-state index < -0.39 is 5.41 Å². The van der Waals surface area contributed by atoms with Gasteiger partial charge in [-0.05, 0) is 176 Å². The fourth-order valence-electron chi connectivity index (χ4n) is 10.7. The normalized spacial score (nSPS) is 34.8. The van der Waals surface area contributed by atoms with E-state index in [1.165, 1.54) is 51.4 Å². The molecular formula is C45H74O8. The van der Waals surface area contributed by atoms with Crippen molar-refractivity contribution >= 4 is 23.9 Å². The minimum atomic E-state index is -0.455. The number of hydrogen-bond acceptors (Lipinski definition) is 8. The van der Waals surface area contributed by atoms with Crippen molar-refractivity contribution in [2.45, 2.75) is 203 Å². The fraction of sp³-hybridized carbons (Fsp3) is 0.911. The lowest BCUT2D eigenvalue weighted by molar-refractivity contribution is -0.206. The topological polar surface area (TPSA) is 105 Å². The molecule has 0 N–H and O–H groups in total. The van der Waals surface area contributed by atoms with Crippen LogP contribution in [0, 0.1) is 57.2 Å². The molecule has 1 heterocycles. The molecule has 6 bridgehead atoms. The standard InChI is InChI=1S/C19H32O2.C14H20O4.C12H22O2/c1-6-17(2,3)16(20)21-18(4,5)19-10-13-7-14(11-19)9-15(8-13)12-19;1-4-14(2,3)13(16)18-10-7-5-8-9(6-7)12(15)17-11(8)10;1-5-11(2,3)10(13)14-12(4)8-6-7-9-12/h13-15H,6-12H2,1-5H3;7-11H,4-6H2,1-3H3;5-9H2,1-4H3. The van der Waals surface area contributed by atoms with Crippen molar-refractivity contribution in [2.75, 3.05) is 0 Å². The van der Waals surface area contributed by atoms with Gasteiger partial charge in [-0.15, -0.1) is 0 Å². The summed E-state index contributed by atoms with van der Waals surface area (Å²) in [5.74, 6) is 3.10. The highest BCUT2D eigenvalue weighted by molar-refractivity contribution is 5.79. The summed E-state index contributed by atoms with van der Waals surface area (Å²) in [7, 11) is 0. The zero-order valence-corrected chi connectivity index (χ0v) is 35.5. The molecule has 5 unspecified atom stereocenters. The summed E-state index contributed by atoms with van der Waals surface area (Å²) >= 11 is 0. The van der Waals surface area contributed by atoms with Gasteiger partial charge in [0.2, 0.25) is 0 Å². The van der Waals surface area contributed by atoms with Crippen LogP contribution < -0.4 is 0 Å². The average Bonchev–Trinajstić information content (AvgIpc) is 3.83. The molecule has 0 spiro atoms. The van der Waals surface area contributed by atoms with Gasteiger partial charge in [-0.25, -0.2) is 0 Å². The van der Waals surface area contributed by atoms with Gasteiger partial charge in [-0.3, -0.25) is 19.2 Å². The summed E-state index contributed by atoms with van der Waals surface area (Å²) in [4.78, 5) is 48.2. The van der Waals surface area contributed by atoms with Crippen LogP contribution in [0.3, 0.4) is 0 Å². The van der Waals surface area contributed by atoms with Crippen molar-refractivity contribution in [1.29, 1.82) is 0 Å². The molecule has 0 aromatic heterocycles. The summed E-state index contributed by atoms with van der Waals surface area (Å²) < 4.78 is 22.8. The van der Waals surface area contributed by atoms with Crippen molar-refractivity contribution in [3.8, 4) is 0 Å². The first kappa shape index (κ1) is 42.0. The maximum atomic E-state index is 12.6. The zero-order chi connectivity index (χ0) is 39.4. The number of ether oxygens (including phenoxy) is 4. The van der Waals surface area contributed by atoms with Gasteiger partial charge in [0.25, 0.3) is 0 Å². The van der Waals surface area contributed by atoms with Gasteiger partial charge in [0.05, 0.1) is 22.2 Å². The van der Waals surface area contributed by atoms with Gasteiger partial charge in [0.1, 0.15) is 23.4 Å². The van der Waals surface area contributed by atoms with Crippen molar-refractivity contribution in [2.24, 2.45) is 57.2 Å². The van der Waals surface area contributed by atoms with Crippen LogP contribution in [0.4, 0.5) is 0 Å². The summed E-state index contributed by atoms with van der Waals surface area (Å²) in [5, 5.41) is 0. The van der Waals surface area contributed by atoms with Gasteiger partial charge in [0, 0.05) is 17.3 Å². The maximum absolute atomic E-state index is 12.6. The Morgan fingerprint density at radius 1 is 0.698 bits per heavy atom. The van der Waals surface area contributed by atoms with Crippen LogP contribution in [-0.4, -0.2) is 47.3 Å². The first-order valence-corrected chi connectivity index (χ1v) is 21.4. The zero-order valence-electron chi connectivity index (χ0n) is 35.5. The van der Waals surface area contributed by atoms with Crippen molar-refractivity contribution < 1.29 is 38.1 Å². The van der Waals surface area contributed by atoms with Crippen LogP contribution in [-0.2, 0) is 38.1 Å². The number of fused-ring (bicyclic) bond motifs is 1. The molecule has 7 aliphatic carbocycles. The van der Waals surface area contributed by atoms with Gasteiger partial charge < -0.3 is 18.9 Å². The van der Waals surface area contributed by atoms with Crippen LogP contribution in [0.15, 0.2) is 0 Å². The molecule has 0 amide bonds. The van der Waals surface area contributed by atoms with Gasteiger partial charge in [-0.1, -0.05) is 20.8 Å². The molecule has 1 saturated heterocycles. The molecule has 302 valence electrons. The predicted octanol–water partition coefficient (Wildman–Crippen LogP) is 10.2. The third-order valence-corrected chi connectivity index (χ3v) is 15.6. The molecule has 8 aliphatic rings. The third-order valence-electron chi connectivity index (χ3n) is 15.6. The van der Waals surface area contributed by atoms with Crippen molar-refractivity contribution in [3.05, 3.63) is 0 Å². The lowest BCUT2D eigenvalue weighted by Gasteiger charge is -2.61. The molecule has 53 heavy (non-hydrogen) atoms. The largest absolute Gasteiger partial charge is 0.459 e. The molecule has 7 saturated carbocycles. The summed E-state index contributed by atoms with van der Waals surface area (Å²) in [6, 6.07) is 0. The number of rotatable bonds is 10. The molecule has 0 radical (unpaired) electrons. The quantitative estimate of drug-likeness (QED) is 0.161. The summed E-state index contributed by atoms with van der Waals surface area (Å²) in [5.41, 5.74) is -1.38. The number of carbonyl (C=O) groups is 4. The Hall–Kier alpha value is -2.12. The molecule has 0 aromatic carbocycles. The van der Waals surface area contributed by atoms with Gasteiger partial charge >= 0.3 is 23.9 Å². The van der Waals surface area contributed by atoms with E-state index in [1.54, 1.807) is 0 Å². The molecule has 1 aliphatic heterocycles. The van der Waals surface area contributed by atoms with E-state index in [0.717, 1.165) is 62.7 Å². The Labute approximate surface area is 321 Å². The molecule has 5 atom stereocenters. The molecule has 8 nitrogen and oxygen atoms in total. The minimum absolute atomic E-state index is 0.00857. The Bertz CT molecular complexity index is 1330. The predicted molar refractivity (Wildman–Crippen MR) is 205 cm³/mol. The van der Waals surface area contributed by atoms with E-state index in [2.05, 4.69) is 27.7 Å². The van der Waals surface area contributed by atoms with E-state index in [1.807, 2.05) is 55.4 Å². The Kier molecular flexibility index (Phi) is 12.0. The van der Waals surface area contributed by atoms with Gasteiger partial charge in [0.15, 0.2) is 0 Å². The average molecular weight is 743 g/mol.